The minimum absolute atomic E-state index is 0.676. The summed E-state index contributed by atoms with van der Waals surface area (Å²) < 4.78 is 5.79. The summed E-state index contributed by atoms with van der Waals surface area (Å²) in [6, 6.07) is 10.2. The highest BCUT2D eigenvalue weighted by molar-refractivity contribution is 7.99. The number of rotatable bonds is 7. The first-order valence-corrected chi connectivity index (χ1v) is 10.2. The van der Waals surface area contributed by atoms with Crippen molar-refractivity contribution in [2.75, 3.05) is 45.6 Å². The van der Waals surface area contributed by atoms with E-state index in [9.17, 15) is 0 Å². The van der Waals surface area contributed by atoms with Crippen molar-refractivity contribution in [3.63, 3.8) is 0 Å². The Kier molecular flexibility index (Phi) is 6.42. The zero-order valence-electron chi connectivity index (χ0n) is 14.5. The molecule has 2 aliphatic heterocycles. The maximum absolute atomic E-state index is 8.80. The molecule has 2 fully saturated rings. The molecule has 2 heterocycles. The lowest BCUT2D eigenvalue weighted by Gasteiger charge is -2.27. The molecule has 0 amide bonds. The molecule has 0 aromatic heterocycles. The van der Waals surface area contributed by atoms with Gasteiger partial charge in [0.2, 0.25) is 0 Å². The molecule has 0 radical (unpaired) electrons. The largest absolute Gasteiger partial charge is 0.494 e. The molecule has 1 aromatic rings. The van der Waals surface area contributed by atoms with Crippen LogP contribution < -0.4 is 4.74 Å². The fourth-order valence-electron chi connectivity index (χ4n) is 3.77. The lowest BCUT2D eigenvalue weighted by atomic mass is 10.2. The Bertz CT molecular complexity index is 551. The summed E-state index contributed by atoms with van der Waals surface area (Å²) >= 11 is 2.03. The molecular weight excluding hydrogens is 318 g/mol. The van der Waals surface area contributed by atoms with Gasteiger partial charge < -0.3 is 9.64 Å². The van der Waals surface area contributed by atoms with Gasteiger partial charge in [0, 0.05) is 30.9 Å². The summed E-state index contributed by atoms with van der Waals surface area (Å²) in [7, 11) is 0. The number of hydrogen-bond acceptors (Lipinski definition) is 5. The maximum atomic E-state index is 8.80. The zero-order valence-corrected chi connectivity index (χ0v) is 15.3. The molecule has 2 atom stereocenters. The molecule has 3 rings (SSSR count). The fraction of sp³-hybridized carbons (Fsp3) is 0.632. The van der Waals surface area contributed by atoms with Gasteiger partial charge in [0.15, 0.2) is 0 Å². The molecule has 1 aromatic carbocycles. The second-order valence-corrected chi connectivity index (χ2v) is 7.76. The van der Waals surface area contributed by atoms with Crippen LogP contribution in [0.25, 0.3) is 0 Å². The Morgan fingerprint density at radius 3 is 2.62 bits per heavy atom. The highest BCUT2D eigenvalue weighted by atomic mass is 32.2. The highest BCUT2D eigenvalue weighted by Crippen LogP contribution is 2.27. The number of ether oxygens (including phenoxy) is 1. The maximum Gasteiger partial charge on any atom is 0.119 e. The molecule has 4 nitrogen and oxygen atoms in total. The van der Waals surface area contributed by atoms with Gasteiger partial charge in [0.05, 0.1) is 18.2 Å². The lowest BCUT2D eigenvalue weighted by Crippen LogP contribution is -2.40. The van der Waals surface area contributed by atoms with Crippen LogP contribution >= 0.6 is 11.8 Å². The number of thioether (sulfide) groups is 1. The second kappa shape index (κ2) is 8.75. The van der Waals surface area contributed by atoms with E-state index in [1.807, 2.05) is 23.9 Å². The summed E-state index contributed by atoms with van der Waals surface area (Å²) in [4.78, 5) is 5.31. The third kappa shape index (κ3) is 4.44. The van der Waals surface area contributed by atoms with Crippen molar-refractivity contribution in [1.29, 1.82) is 5.26 Å². The van der Waals surface area contributed by atoms with Crippen LogP contribution in [0.15, 0.2) is 24.3 Å². The molecule has 0 unspecified atom stereocenters. The molecule has 2 saturated heterocycles. The Hall–Kier alpha value is -1.22. The Labute approximate surface area is 149 Å². The van der Waals surface area contributed by atoms with E-state index >= 15 is 0 Å². The number of nitriles is 1. The fourth-order valence-corrected chi connectivity index (χ4v) is 4.71. The summed E-state index contributed by atoms with van der Waals surface area (Å²) in [5.41, 5.74) is 0.676. The molecule has 0 spiro atoms. The molecule has 0 aliphatic carbocycles. The number of nitrogens with zero attached hydrogens (tertiary/aromatic N) is 3. The smallest absolute Gasteiger partial charge is 0.119 e. The molecule has 130 valence electrons. The van der Waals surface area contributed by atoms with E-state index in [1.165, 1.54) is 39.0 Å². The Morgan fingerprint density at radius 1 is 1.21 bits per heavy atom. The Morgan fingerprint density at radius 2 is 1.96 bits per heavy atom. The van der Waals surface area contributed by atoms with E-state index in [4.69, 9.17) is 10.00 Å². The van der Waals surface area contributed by atoms with Gasteiger partial charge in [-0.25, -0.2) is 0 Å². The van der Waals surface area contributed by atoms with Crippen molar-refractivity contribution in [3.05, 3.63) is 29.8 Å². The standard InChI is InChI=1S/C19H27N3OS/c1-24-19-15-21(14-18(19)22-10-2-3-11-22)9-4-12-23-17-7-5-16(13-20)6-8-17/h5-8,18-19H,2-4,9-12,14-15H2,1H3/t18-,19-/m1/s1. The first-order chi connectivity index (χ1) is 11.8. The van der Waals surface area contributed by atoms with E-state index in [-0.39, 0.29) is 0 Å². The monoisotopic (exact) mass is 345 g/mol. The van der Waals surface area contributed by atoms with Gasteiger partial charge >= 0.3 is 0 Å². The first kappa shape index (κ1) is 17.6. The summed E-state index contributed by atoms with van der Waals surface area (Å²) in [6.45, 7) is 6.84. The minimum atomic E-state index is 0.676. The van der Waals surface area contributed by atoms with Gasteiger partial charge in [0.1, 0.15) is 5.75 Å². The van der Waals surface area contributed by atoms with Crippen molar-refractivity contribution < 1.29 is 4.74 Å². The van der Waals surface area contributed by atoms with Crippen LogP contribution in [0.2, 0.25) is 0 Å². The van der Waals surface area contributed by atoms with Crippen molar-refractivity contribution >= 4 is 11.8 Å². The number of likely N-dealkylation sites (tertiary alicyclic amines) is 2. The second-order valence-electron chi connectivity index (χ2n) is 6.68. The van der Waals surface area contributed by atoms with E-state index in [2.05, 4.69) is 22.1 Å². The zero-order chi connectivity index (χ0) is 16.8. The molecule has 2 aliphatic rings. The summed E-state index contributed by atoms with van der Waals surface area (Å²) in [5.74, 6) is 0.854. The first-order valence-electron chi connectivity index (χ1n) is 8.92. The number of hydrogen-bond donors (Lipinski definition) is 0. The predicted molar refractivity (Wildman–Crippen MR) is 99.6 cm³/mol. The van der Waals surface area contributed by atoms with Crippen LogP contribution in [-0.4, -0.2) is 66.7 Å². The van der Waals surface area contributed by atoms with Gasteiger partial charge in [0.25, 0.3) is 0 Å². The molecule has 0 saturated carbocycles. The van der Waals surface area contributed by atoms with Crippen molar-refractivity contribution in [1.82, 2.24) is 9.80 Å². The van der Waals surface area contributed by atoms with E-state index in [0.717, 1.165) is 36.6 Å². The highest BCUT2D eigenvalue weighted by Gasteiger charge is 2.36. The van der Waals surface area contributed by atoms with Gasteiger partial charge in [-0.2, -0.15) is 17.0 Å². The van der Waals surface area contributed by atoms with Crippen molar-refractivity contribution in [2.45, 2.75) is 30.6 Å². The van der Waals surface area contributed by atoms with Crippen LogP contribution in [-0.2, 0) is 0 Å². The van der Waals surface area contributed by atoms with Crippen molar-refractivity contribution in [2.24, 2.45) is 0 Å². The van der Waals surface area contributed by atoms with Crippen LogP contribution in [0.3, 0.4) is 0 Å². The van der Waals surface area contributed by atoms with Crippen molar-refractivity contribution in [3.8, 4) is 11.8 Å². The number of benzene rings is 1. The van der Waals surface area contributed by atoms with E-state index in [1.54, 1.807) is 12.1 Å². The van der Waals surface area contributed by atoms with Gasteiger partial charge in [-0.1, -0.05) is 0 Å². The molecule has 0 bridgehead atoms. The van der Waals surface area contributed by atoms with Crippen LogP contribution in [0.5, 0.6) is 5.75 Å². The van der Waals surface area contributed by atoms with Crippen LogP contribution in [0.1, 0.15) is 24.8 Å². The SMILES string of the molecule is CS[C@@H]1CN(CCCOc2ccc(C#N)cc2)C[C@H]1N1CCCC1. The topological polar surface area (TPSA) is 39.5 Å². The Balaban J connectivity index is 1.39. The molecule has 5 heteroatoms. The van der Waals surface area contributed by atoms with Crippen LogP contribution in [0, 0.1) is 11.3 Å². The average Bonchev–Trinajstić information content (AvgIpc) is 3.28. The predicted octanol–water partition coefficient (Wildman–Crippen LogP) is 2.84. The van der Waals surface area contributed by atoms with Gasteiger partial charge in [-0.3, -0.25) is 4.90 Å². The third-order valence-electron chi connectivity index (χ3n) is 5.10. The van der Waals surface area contributed by atoms with Crippen LogP contribution in [0.4, 0.5) is 0 Å². The lowest BCUT2D eigenvalue weighted by molar-refractivity contribution is 0.222. The average molecular weight is 346 g/mol. The molecular formula is C19H27N3OS. The molecule has 0 N–H and O–H groups in total. The van der Waals surface area contributed by atoms with E-state index < -0.39 is 0 Å². The van der Waals surface area contributed by atoms with Gasteiger partial charge in [-0.05, 0) is 62.9 Å². The minimum Gasteiger partial charge on any atom is -0.494 e. The van der Waals surface area contributed by atoms with E-state index in [0.29, 0.717) is 5.56 Å². The quantitative estimate of drug-likeness (QED) is 0.711. The van der Waals surface area contributed by atoms with Gasteiger partial charge in [-0.15, -0.1) is 0 Å². The molecule has 24 heavy (non-hydrogen) atoms. The normalized spacial score (nSPS) is 25.0. The third-order valence-corrected chi connectivity index (χ3v) is 6.16. The summed E-state index contributed by atoms with van der Waals surface area (Å²) in [6.07, 6.45) is 6.05. The summed E-state index contributed by atoms with van der Waals surface area (Å²) in [5, 5.41) is 9.56.